The van der Waals surface area contributed by atoms with Crippen molar-refractivity contribution in [3.63, 3.8) is 0 Å². The Labute approximate surface area is 128 Å². The predicted molar refractivity (Wildman–Crippen MR) is 76.0 cm³/mol. The Morgan fingerprint density at radius 3 is 2.95 bits per heavy atom. The van der Waals surface area contributed by atoms with Crippen LogP contribution < -0.4 is 0 Å². The molecule has 1 spiro atoms. The summed E-state index contributed by atoms with van der Waals surface area (Å²) >= 11 is 0. The summed E-state index contributed by atoms with van der Waals surface area (Å²) in [4.78, 5) is 12.8. The molecule has 0 aromatic heterocycles. The van der Waals surface area contributed by atoms with Gasteiger partial charge in [-0.1, -0.05) is 19.1 Å². The average Bonchev–Trinajstić information content (AvgIpc) is 2.96. The topological polar surface area (TPSA) is 55.8 Å². The smallest absolute Gasteiger partial charge is 0.316 e. The zero-order valence-corrected chi connectivity index (χ0v) is 12.6. The number of carbonyl (C=O) groups excluding carboxylic acids is 1. The van der Waals surface area contributed by atoms with Crippen molar-refractivity contribution in [2.24, 2.45) is 17.3 Å². The lowest BCUT2D eigenvalue weighted by atomic mass is 9.47. The maximum atomic E-state index is 12.8. The third-order valence-electron chi connectivity index (χ3n) is 7.35. The molecule has 7 atom stereocenters. The maximum Gasteiger partial charge on any atom is 0.316 e. The van der Waals surface area contributed by atoms with Crippen molar-refractivity contribution in [3.05, 3.63) is 34.4 Å². The molecule has 0 radical (unpaired) electrons. The molecule has 1 aromatic rings. The monoisotopic (exact) mass is 298 g/mol. The molecule has 1 aromatic carbocycles. The zero-order valence-electron chi connectivity index (χ0n) is 12.6. The van der Waals surface area contributed by atoms with Crippen LogP contribution in [0.1, 0.15) is 41.7 Å². The molecule has 4 heteroatoms. The van der Waals surface area contributed by atoms with Gasteiger partial charge in [-0.3, -0.25) is 4.79 Å². The van der Waals surface area contributed by atoms with Crippen molar-refractivity contribution >= 4 is 5.97 Å². The van der Waals surface area contributed by atoms with Gasteiger partial charge in [0.2, 0.25) is 0 Å². The van der Waals surface area contributed by atoms with Crippen LogP contribution in [0.3, 0.4) is 0 Å². The standard InChI is InChI=1S/C18H18O4/c1-7-3-4-9-5-6-17-8(2)13-15(22-16(17)19)12-14(21-13)10(7)11(9)18(12,17)20/h3-4,8,12-15,20H,5-6H2,1-2H3/t8?,12-,13+,14+,15-,17?,18?/m0/s1. The Kier molecular flexibility index (Phi) is 1.72. The van der Waals surface area contributed by atoms with Gasteiger partial charge in [0.15, 0.2) is 0 Å². The van der Waals surface area contributed by atoms with E-state index in [9.17, 15) is 9.90 Å². The third kappa shape index (κ3) is 0.846. The Balaban J connectivity index is 1.81. The van der Waals surface area contributed by atoms with Gasteiger partial charge in [0.25, 0.3) is 0 Å². The number of hydrogen-bond acceptors (Lipinski definition) is 4. The SMILES string of the molecule is Cc1ccc2c3c1[C@H]1O[C@@H]4C(C)C5(CC2)C(=O)O[C@H]4[C@H]1C35O. The Bertz CT molecular complexity index is 771. The summed E-state index contributed by atoms with van der Waals surface area (Å²) in [6, 6.07) is 4.25. The Hall–Kier alpha value is -1.39. The lowest BCUT2D eigenvalue weighted by Gasteiger charge is -2.61. The van der Waals surface area contributed by atoms with Crippen LogP contribution in [0.5, 0.6) is 0 Å². The fraction of sp³-hybridized carbons (Fsp3) is 0.611. The van der Waals surface area contributed by atoms with E-state index in [0.29, 0.717) is 6.42 Å². The minimum Gasteiger partial charge on any atom is -0.459 e. The first-order valence-corrected chi connectivity index (χ1v) is 8.23. The number of aliphatic hydroxyl groups is 1. The molecule has 114 valence electrons. The summed E-state index contributed by atoms with van der Waals surface area (Å²) in [6.45, 7) is 4.14. The Morgan fingerprint density at radius 1 is 1.32 bits per heavy atom. The second kappa shape index (κ2) is 3.13. The molecule has 3 saturated heterocycles. The fourth-order valence-corrected chi connectivity index (χ4v) is 6.49. The Morgan fingerprint density at radius 2 is 2.14 bits per heavy atom. The van der Waals surface area contributed by atoms with Crippen molar-refractivity contribution in [2.75, 3.05) is 0 Å². The van der Waals surface area contributed by atoms with Crippen LogP contribution in [0.25, 0.3) is 0 Å². The van der Waals surface area contributed by atoms with E-state index >= 15 is 0 Å². The van der Waals surface area contributed by atoms with Crippen LogP contribution in [0.15, 0.2) is 12.1 Å². The van der Waals surface area contributed by atoms with Gasteiger partial charge in [-0.2, -0.15) is 0 Å². The van der Waals surface area contributed by atoms with E-state index in [4.69, 9.17) is 9.47 Å². The molecule has 4 bridgehead atoms. The van der Waals surface area contributed by atoms with E-state index in [0.717, 1.165) is 23.1 Å². The lowest BCUT2D eigenvalue weighted by molar-refractivity contribution is -0.275. The first-order chi connectivity index (χ1) is 10.5. The first kappa shape index (κ1) is 12.1. The van der Waals surface area contributed by atoms with E-state index in [1.165, 1.54) is 5.56 Å². The van der Waals surface area contributed by atoms with Gasteiger partial charge in [-0.15, -0.1) is 0 Å². The normalized spacial score (nSPS) is 52.1. The maximum absolute atomic E-state index is 12.8. The molecule has 1 saturated carbocycles. The molecule has 3 aliphatic carbocycles. The number of carbonyl (C=O) groups is 1. The van der Waals surface area contributed by atoms with Gasteiger partial charge in [-0.25, -0.2) is 0 Å². The number of esters is 1. The fourth-order valence-electron chi connectivity index (χ4n) is 6.49. The van der Waals surface area contributed by atoms with E-state index in [2.05, 4.69) is 26.0 Å². The van der Waals surface area contributed by atoms with Crippen LogP contribution >= 0.6 is 0 Å². The molecular weight excluding hydrogens is 280 g/mol. The number of hydrogen-bond donors (Lipinski definition) is 1. The third-order valence-corrected chi connectivity index (χ3v) is 7.35. The summed E-state index contributed by atoms with van der Waals surface area (Å²) in [5.41, 5.74) is 2.56. The first-order valence-electron chi connectivity index (χ1n) is 8.23. The highest BCUT2D eigenvalue weighted by Gasteiger charge is 2.83. The van der Waals surface area contributed by atoms with Gasteiger partial charge in [0.05, 0.1) is 18.1 Å². The second-order valence-electron chi connectivity index (χ2n) is 7.77. The van der Waals surface area contributed by atoms with E-state index in [1.807, 2.05) is 0 Å². The average molecular weight is 298 g/mol. The highest BCUT2D eigenvalue weighted by atomic mass is 16.6. The van der Waals surface area contributed by atoms with Crippen LogP contribution in [0.4, 0.5) is 0 Å². The van der Waals surface area contributed by atoms with Crippen LogP contribution in [-0.2, 0) is 26.3 Å². The second-order valence-corrected chi connectivity index (χ2v) is 7.77. The molecular formula is C18H18O4. The number of rotatable bonds is 0. The molecule has 3 unspecified atom stereocenters. The predicted octanol–water partition coefficient (Wildman–Crippen LogP) is 1.76. The van der Waals surface area contributed by atoms with Crippen molar-refractivity contribution in [1.82, 2.24) is 0 Å². The molecule has 22 heavy (non-hydrogen) atoms. The summed E-state index contributed by atoms with van der Waals surface area (Å²) < 4.78 is 12.1. The molecule has 1 N–H and O–H groups in total. The van der Waals surface area contributed by atoms with Crippen LogP contribution in [-0.4, -0.2) is 23.3 Å². The number of aryl methyl sites for hydroxylation is 2. The highest BCUT2D eigenvalue weighted by Crippen LogP contribution is 2.75. The van der Waals surface area contributed by atoms with Gasteiger partial charge < -0.3 is 14.6 Å². The molecule has 3 aliphatic heterocycles. The van der Waals surface area contributed by atoms with Crippen LogP contribution in [0, 0.1) is 24.2 Å². The van der Waals surface area contributed by atoms with Crippen molar-refractivity contribution in [1.29, 1.82) is 0 Å². The van der Waals surface area contributed by atoms with Crippen molar-refractivity contribution in [3.8, 4) is 0 Å². The van der Waals surface area contributed by atoms with E-state index < -0.39 is 11.0 Å². The quantitative estimate of drug-likeness (QED) is 0.742. The largest absolute Gasteiger partial charge is 0.459 e. The summed E-state index contributed by atoms with van der Waals surface area (Å²) in [5, 5.41) is 11.9. The molecule has 3 heterocycles. The van der Waals surface area contributed by atoms with Gasteiger partial charge in [0, 0.05) is 5.92 Å². The van der Waals surface area contributed by atoms with Gasteiger partial charge in [0.1, 0.15) is 17.1 Å². The van der Waals surface area contributed by atoms with Gasteiger partial charge in [-0.05, 0) is 42.0 Å². The van der Waals surface area contributed by atoms with E-state index in [-0.39, 0.29) is 36.1 Å². The molecule has 4 nitrogen and oxygen atoms in total. The lowest BCUT2D eigenvalue weighted by Crippen LogP contribution is -2.72. The highest BCUT2D eigenvalue weighted by molar-refractivity contribution is 5.84. The molecule has 6 aliphatic rings. The van der Waals surface area contributed by atoms with Crippen LogP contribution in [0.2, 0.25) is 0 Å². The molecule has 0 amide bonds. The van der Waals surface area contributed by atoms with Crippen molar-refractivity contribution in [2.45, 2.75) is 50.6 Å². The minimum absolute atomic E-state index is 0.00631. The molecule has 7 rings (SSSR count). The number of ether oxygens (including phenoxy) is 2. The summed E-state index contributed by atoms with van der Waals surface area (Å²) in [6.07, 6.45) is 1.01. The van der Waals surface area contributed by atoms with E-state index in [1.54, 1.807) is 0 Å². The number of benzene rings is 1. The summed E-state index contributed by atoms with van der Waals surface area (Å²) in [5.74, 6) is -0.322. The molecule has 4 fully saturated rings. The van der Waals surface area contributed by atoms with Gasteiger partial charge >= 0.3 is 5.97 Å². The number of fused-ring (bicyclic) bond motifs is 2. The van der Waals surface area contributed by atoms with Crippen molar-refractivity contribution < 1.29 is 19.4 Å². The summed E-state index contributed by atoms with van der Waals surface area (Å²) in [7, 11) is 0. The minimum atomic E-state index is -1.10. The zero-order chi connectivity index (χ0) is 15.0.